The van der Waals surface area contributed by atoms with Crippen LogP contribution in [0.2, 0.25) is 0 Å². The molecule has 0 radical (unpaired) electrons. The fourth-order valence-electron chi connectivity index (χ4n) is 4.52. The predicted molar refractivity (Wildman–Crippen MR) is 156 cm³/mol. The maximum absolute atomic E-state index is 13.7. The monoisotopic (exact) mass is 592 g/mol. The number of aromatic amines is 1. The Morgan fingerprint density at radius 1 is 1.00 bits per heavy atom. The van der Waals surface area contributed by atoms with E-state index in [2.05, 4.69) is 17.1 Å². The molecule has 196 valence electrons. The van der Waals surface area contributed by atoms with Crippen molar-refractivity contribution in [1.29, 1.82) is 0 Å². The average molecular weight is 594 g/mol. The fraction of sp³-hybridized carbons (Fsp3) is 0.241. The molecule has 9 heteroatoms. The Balaban J connectivity index is 0.00000336. The van der Waals surface area contributed by atoms with Crippen LogP contribution in [0.15, 0.2) is 80.2 Å². The molecule has 0 saturated carbocycles. The van der Waals surface area contributed by atoms with Gasteiger partial charge < -0.3 is 0 Å². The van der Waals surface area contributed by atoms with Gasteiger partial charge in [-0.3, -0.25) is 18.9 Å². The van der Waals surface area contributed by atoms with Crippen LogP contribution in [0.25, 0.3) is 22.5 Å². The summed E-state index contributed by atoms with van der Waals surface area (Å²) >= 11 is 1.65. The number of nitrogens with one attached hydrogen (secondary N) is 1. The number of H-pyrrole nitrogens is 1. The van der Waals surface area contributed by atoms with E-state index in [-0.39, 0.29) is 22.5 Å². The van der Waals surface area contributed by atoms with Crippen LogP contribution in [0.1, 0.15) is 47.3 Å². The smallest absolute Gasteiger partial charge is 0.296 e. The normalized spacial score (nSPS) is 10.9. The van der Waals surface area contributed by atoms with E-state index in [0.29, 0.717) is 18.8 Å². The number of unbranched alkanes of at least 4 members (excludes halogenated alkanes) is 1. The number of halogens is 1. The van der Waals surface area contributed by atoms with E-state index in [9.17, 15) is 9.59 Å². The molecule has 3 heterocycles. The number of nitrogens with zero attached hydrogens (tertiary/aromatic N) is 3. The minimum Gasteiger partial charge on any atom is -0.296 e. The number of aryl methyl sites for hydroxylation is 2. The van der Waals surface area contributed by atoms with Crippen LogP contribution in [-0.2, 0) is 19.4 Å². The second kappa shape index (κ2) is 12.3. The molecule has 0 fully saturated rings. The third-order valence-corrected chi connectivity index (χ3v) is 7.33. The summed E-state index contributed by atoms with van der Waals surface area (Å²) in [5, 5.41) is 5.87. The molecule has 0 spiro atoms. The summed E-state index contributed by atoms with van der Waals surface area (Å²) in [5.74, 6) is 0.559. The quantitative estimate of drug-likeness (QED) is 0.220. The Kier molecular flexibility index (Phi) is 8.91. The molecule has 0 bridgehead atoms. The maximum Gasteiger partial charge on any atom is 0.439 e. The van der Waals surface area contributed by atoms with Crippen LogP contribution in [0.5, 0.6) is 0 Å². The van der Waals surface area contributed by atoms with Gasteiger partial charge in [0.2, 0.25) is 0 Å². The van der Waals surface area contributed by atoms with E-state index in [1.54, 1.807) is 15.9 Å². The van der Waals surface area contributed by atoms with Crippen molar-refractivity contribution < 1.29 is 4.52 Å². The number of hydrogen-bond acceptors (Lipinski definition) is 6. The van der Waals surface area contributed by atoms with Crippen molar-refractivity contribution in [3.63, 3.8) is 0 Å². The highest BCUT2D eigenvalue weighted by molar-refractivity contribution is 8.93. The lowest BCUT2D eigenvalue weighted by Crippen LogP contribution is -2.29. The Hall–Kier alpha value is -3.56. The number of aromatic nitrogens is 4. The van der Waals surface area contributed by atoms with Gasteiger partial charge in [-0.25, -0.2) is 9.78 Å². The summed E-state index contributed by atoms with van der Waals surface area (Å²) in [6.07, 6.45) is 3.36. The van der Waals surface area contributed by atoms with Gasteiger partial charge in [0.25, 0.3) is 5.56 Å². The van der Waals surface area contributed by atoms with Crippen molar-refractivity contribution in [3.05, 3.63) is 114 Å². The molecule has 5 rings (SSSR count). The van der Waals surface area contributed by atoms with E-state index in [1.807, 2.05) is 73.0 Å². The molecule has 0 aliphatic carbocycles. The number of thiophene rings is 1. The summed E-state index contributed by atoms with van der Waals surface area (Å²) in [6.45, 7) is 4.61. The van der Waals surface area contributed by atoms with Gasteiger partial charge in [0.05, 0.1) is 12.2 Å². The van der Waals surface area contributed by atoms with Crippen LogP contribution >= 0.6 is 28.3 Å². The van der Waals surface area contributed by atoms with E-state index in [0.717, 1.165) is 63.5 Å². The minimum atomic E-state index is -0.588. The molecule has 0 saturated heterocycles. The minimum absolute atomic E-state index is 0. The molecule has 1 N–H and O–H groups in total. The van der Waals surface area contributed by atoms with E-state index >= 15 is 0 Å². The number of hydrogen-bond donors (Lipinski definition) is 1. The van der Waals surface area contributed by atoms with Crippen LogP contribution in [0.4, 0.5) is 0 Å². The second-order valence-electron chi connectivity index (χ2n) is 9.02. The van der Waals surface area contributed by atoms with Crippen molar-refractivity contribution >= 4 is 28.3 Å². The highest BCUT2D eigenvalue weighted by atomic mass is 79.9. The Labute approximate surface area is 235 Å². The molecule has 38 heavy (non-hydrogen) atoms. The molecule has 7 nitrogen and oxygen atoms in total. The van der Waals surface area contributed by atoms with Crippen molar-refractivity contribution in [2.75, 3.05) is 0 Å². The zero-order valence-electron chi connectivity index (χ0n) is 21.3. The third-order valence-electron chi connectivity index (χ3n) is 6.47. The van der Waals surface area contributed by atoms with Crippen LogP contribution in [0.3, 0.4) is 0 Å². The van der Waals surface area contributed by atoms with Gasteiger partial charge in [-0.1, -0.05) is 73.1 Å². The second-order valence-corrected chi connectivity index (χ2v) is 10.1. The van der Waals surface area contributed by atoms with Gasteiger partial charge in [-0.15, -0.1) is 28.3 Å². The van der Waals surface area contributed by atoms with Gasteiger partial charge in [0.1, 0.15) is 5.82 Å². The SMILES string of the molecule is Br.CCCCc1nc(C)n(Cc2cccs2)c(=O)c1Cc1ccc(-c2ccccc2-c2noc(=O)[nH]2)cc1. The lowest BCUT2D eigenvalue weighted by atomic mass is 9.96. The lowest BCUT2D eigenvalue weighted by Gasteiger charge is -2.15. The highest BCUT2D eigenvalue weighted by Gasteiger charge is 2.16. The fourth-order valence-corrected chi connectivity index (χ4v) is 5.22. The Morgan fingerprint density at radius 3 is 2.42 bits per heavy atom. The third kappa shape index (κ3) is 5.95. The van der Waals surface area contributed by atoms with Gasteiger partial charge in [-0.2, -0.15) is 0 Å². The maximum atomic E-state index is 13.7. The van der Waals surface area contributed by atoms with Crippen LogP contribution in [0, 0.1) is 6.92 Å². The topological polar surface area (TPSA) is 93.8 Å². The molecule has 0 atom stereocenters. The lowest BCUT2D eigenvalue weighted by molar-refractivity contribution is 0.388. The first kappa shape index (κ1) is 27.5. The van der Waals surface area contributed by atoms with E-state index in [1.165, 1.54) is 0 Å². The summed E-state index contributed by atoms with van der Waals surface area (Å²) in [7, 11) is 0. The molecule has 0 aliphatic heterocycles. The molecule has 2 aromatic carbocycles. The number of benzene rings is 2. The summed E-state index contributed by atoms with van der Waals surface area (Å²) in [4.78, 5) is 33.8. The molecule has 0 aliphatic rings. The molecular weight excluding hydrogens is 564 g/mol. The molecule has 0 unspecified atom stereocenters. The molecular formula is C29H29BrN4O3S. The standard InChI is InChI=1S/C29H28N4O3S.BrH/c1-3-4-11-26-25(28(34)33(19(2)30-26)18-22-8-7-16-37-22)17-20-12-14-21(15-13-20)23-9-5-6-10-24(23)27-31-29(35)36-32-27;/h5-10,12-16H,3-4,11,17-18H2,1-2H3,(H,31,32,35);1H. The first-order valence-corrected chi connectivity index (χ1v) is 13.3. The zero-order valence-corrected chi connectivity index (χ0v) is 23.8. The molecule has 0 amide bonds. The summed E-state index contributed by atoms with van der Waals surface area (Å²) in [5.41, 5.74) is 5.43. The van der Waals surface area contributed by atoms with Crippen molar-refractivity contribution in [2.45, 2.75) is 46.1 Å². The highest BCUT2D eigenvalue weighted by Crippen LogP contribution is 2.30. The summed E-state index contributed by atoms with van der Waals surface area (Å²) < 4.78 is 6.49. The Morgan fingerprint density at radius 2 is 1.76 bits per heavy atom. The van der Waals surface area contributed by atoms with Crippen molar-refractivity contribution in [1.82, 2.24) is 19.7 Å². The average Bonchev–Trinajstić information content (AvgIpc) is 3.59. The first-order chi connectivity index (χ1) is 18.0. The summed E-state index contributed by atoms with van der Waals surface area (Å²) in [6, 6.07) is 19.9. The van der Waals surface area contributed by atoms with Gasteiger partial charge in [0.15, 0.2) is 5.82 Å². The van der Waals surface area contributed by atoms with E-state index in [4.69, 9.17) is 9.51 Å². The van der Waals surface area contributed by atoms with Gasteiger partial charge >= 0.3 is 5.76 Å². The van der Waals surface area contributed by atoms with Crippen molar-refractivity contribution in [2.24, 2.45) is 0 Å². The van der Waals surface area contributed by atoms with E-state index < -0.39 is 5.76 Å². The van der Waals surface area contributed by atoms with Gasteiger partial charge in [-0.05, 0) is 47.9 Å². The Bertz CT molecular complexity index is 1620. The van der Waals surface area contributed by atoms with Crippen LogP contribution < -0.4 is 11.3 Å². The van der Waals surface area contributed by atoms with Crippen LogP contribution in [-0.4, -0.2) is 19.7 Å². The predicted octanol–water partition coefficient (Wildman–Crippen LogP) is 6.18. The van der Waals surface area contributed by atoms with Crippen molar-refractivity contribution in [3.8, 4) is 22.5 Å². The number of rotatable bonds is 9. The van der Waals surface area contributed by atoms with Gasteiger partial charge in [0, 0.05) is 22.4 Å². The zero-order chi connectivity index (χ0) is 25.8. The largest absolute Gasteiger partial charge is 0.439 e. The molecule has 5 aromatic rings. The molecule has 3 aromatic heterocycles. The first-order valence-electron chi connectivity index (χ1n) is 12.4.